The maximum absolute atomic E-state index is 11.4. The van der Waals surface area contributed by atoms with E-state index in [-0.39, 0.29) is 5.97 Å². The average molecular weight is 262 g/mol. The van der Waals surface area contributed by atoms with Crippen molar-refractivity contribution in [2.45, 2.75) is 33.2 Å². The molecule has 0 amide bonds. The van der Waals surface area contributed by atoms with Gasteiger partial charge in [0.25, 0.3) is 0 Å². The third-order valence-electron chi connectivity index (χ3n) is 2.98. The van der Waals surface area contributed by atoms with Crippen LogP contribution in [0.4, 0.5) is 0 Å². The molecule has 0 aliphatic carbocycles. The predicted octanol–water partition coefficient (Wildman–Crippen LogP) is 2.24. The van der Waals surface area contributed by atoms with E-state index >= 15 is 0 Å². The molecular weight excluding hydrogens is 240 g/mol. The number of carbonyl (C=O) groups is 1. The molecule has 0 fully saturated rings. The Kier molecular flexibility index (Phi) is 6.82. The van der Waals surface area contributed by atoms with E-state index in [1.807, 2.05) is 19.1 Å². The van der Waals surface area contributed by atoms with Gasteiger partial charge in [-0.25, -0.2) is 4.79 Å². The van der Waals surface area contributed by atoms with Gasteiger partial charge in [-0.05, 0) is 24.5 Å². The minimum atomic E-state index is -0.253. The molecule has 1 rings (SSSR count). The molecule has 0 spiro atoms. The lowest BCUT2D eigenvalue weighted by molar-refractivity contribution is -0.136. The van der Waals surface area contributed by atoms with Crippen LogP contribution < -0.4 is 5.32 Å². The molecule has 1 aromatic heterocycles. The van der Waals surface area contributed by atoms with Crippen molar-refractivity contribution in [1.29, 1.82) is 0 Å². The molecule has 4 heteroatoms. The molecule has 104 valence electrons. The number of aryl methyl sites for hydroxylation is 1. The molecule has 0 unspecified atom stereocenters. The van der Waals surface area contributed by atoms with Crippen molar-refractivity contribution < 1.29 is 9.53 Å². The molecule has 1 N–H and O–H groups in total. The van der Waals surface area contributed by atoms with E-state index in [1.165, 1.54) is 12.7 Å². The van der Waals surface area contributed by atoms with Gasteiger partial charge >= 0.3 is 5.97 Å². The van der Waals surface area contributed by atoms with Crippen LogP contribution in [-0.4, -0.2) is 24.6 Å². The fourth-order valence-corrected chi connectivity index (χ4v) is 1.84. The van der Waals surface area contributed by atoms with E-state index in [1.54, 1.807) is 6.20 Å². The molecule has 19 heavy (non-hydrogen) atoms. The molecule has 4 nitrogen and oxygen atoms in total. The predicted molar refractivity (Wildman–Crippen MR) is 75.7 cm³/mol. The van der Waals surface area contributed by atoms with E-state index in [2.05, 4.69) is 23.3 Å². The highest BCUT2D eigenvalue weighted by Gasteiger charge is 2.06. The summed E-state index contributed by atoms with van der Waals surface area (Å²) in [7, 11) is 1.40. The van der Waals surface area contributed by atoms with Crippen LogP contribution in [0.15, 0.2) is 30.0 Å². The first-order valence-corrected chi connectivity index (χ1v) is 6.63. The minimum Gasteiger partial charge on any atom is -0.466 e. The summed E-state index contributed by atoms with van der Waals surface area (Å²) in [6, 6.07) is 4.04. The number of rotatable bonds is 7. The van der Waals surface area contributed by atoms with Gasteiger partial charge in [0.15, 0.2) is 0 Å². The number of methoxy groups -OCH3 is 1. The zero-order valence-electron chi connectivity index (χ0n) is 11.9. The molecule has 1 heterocycles. The summed E-state index contributed by atoms with van der Waals surface area (Å²) in [5.41, 5.74) is 3.02. The van der Waals surface area contributed by atoms with Crippen molar-refractivity contribution >= 4 is 5.97 Å². The number of hydrogen-bond donors (Lipinski definition) is 1. The number of nitrogens with zero attached hydrogens (tertiary/aromatic N) is 1. The third-order valence-corrected chi connectivity index (χ3v) is 2.98. The Hall–Kier alpha value is -1.68. The van der Waals surface area contributed by atoms with Gasteiger partial charge in [-0.3, -0.25) is 4.98 Å². The molecule has 0 bridgehead atoms. The lowest BCUT2D eigenvalue weighted by Gasteiger charge is -2.07. The second-order valence-corrected chi connectivity index (χ2v) is 4.17. The van der Waals surface area contributed by atoms with Crippen LogP contribution in [0.5, 0.6) is 0 Å². The second kappa shape index (κ2) is 8.43. The normalized spacial score (nSPS) is 11.4. The van der Waals surface area contributed by atoms with Gasteiger partial charge in [0.05, 0.1) is 12.8 Å². The van der Waals surface area contributed by atoms with Crippen molar-refractivity contribution in [2.75, 3.05) is 13.7 Å². The molecule has 1 aromatic rings. The van der Waals surface area contributed by atoms with Crippen LogP contribution in [0.2, 0.25) is 0 Å². The molecule has 0 aliphatic rings. The Labute approximate surface area is 114 Å². The summed E-state index contributed by atoms with van der Waals surface area (Å²) in [6.45, 7) is 5.40. The zero-order valence-corrected chi connectivity index (χ0v) is 11.9. The smallest absolute Gasteiger partial charge is 0.333 e. The van der Waals surface area contributed by atoms with Crippen molar-refractivity contribution in [1.82, 2.24) is 10.3 Å². The van der Waals surface area contributed by atoms with E-state index < -0.39 is 0 Å². The number of ether oxygens (including phenoxy) is 1. The van der Waals surface area contributed by atoms with Crippen LogP contribution in [-0.2, 0) is 22.5 Å². The molecule has 0 radical (unpaired) electrons. The van der Waals surface area contributed by atoms with E-state index in [0.29, 0.717) is 25.1 Å². The lowest BCUT2D eigenvalue weighted by Crippen LogP contribution is -2.17. The van der Waals surface area contributed by atoms with Crippen molar-refractivity contribution in [3.63, 3.8) is 0 Å². The fourth-order valence-electron chi connectivity index (χ4n) is 1.84. The Morgan fingerprint density at radius 1 is 1.47 bits per heavy atom. The van der Waals surface area contributed by atoms with Crippen molar-refractivity contribution in [2.24, 2.45) is 0 Å². The van der Waals surface area contributed by atoms with Gasteiger partial charge in [-0.1, -0.05) is 26.0 Å². The van der Waals surface area contributed by atoms with Gasteiger partial charge < -0.3 is 10.1 Å². The van der Waals surface area contributed by atoms with E-state index in [4.69, 9.17) is 4.74 Å². The number of carbonyl (C=O) groups excluding carboxylic acids is 1. The third kappa shape index (κ3) is 4.83. The second-order valence-electron chi connectivity index (χ2n) is 4.17. The topological polar surface area (TPSA) is 51.2 Å². The molecule has 0 saturated heterocycles. The average Bonchev–Trinajstić information content (AvgIpc) is 2.47. The fraction of sp³-hybridized carbons (Fsp3) is 0.467. The van der Waals surface area contributed by atoms with Gasteiger partial charge in [-0.2, -0.15) is 0 Å². The van der Waals surface area contributed by atoms with Gasteiger partial charge in [0.2, 0.25) is 0 Å². The maximum Gasteiger partial charge on any atom is 0.333 e. The monoisotopic (exact) mass is 262 g/mol. The van der Waals surface area contributed by atoms with E-state index in [9.17, 15) is 4.79 Å². The quantitative estimate of drug-likeness (QED) is 0.465. The standard InChI is InChI=1S/C15H22N2O2/c1-4-12-7-6-9-17-14(12)11-16-10-8-13(5-2)15(18)19-3/h6-9,16H,4-5,10-11H2,1-3H3/b13-8-. The largest absolute Gasteiger partial charge is 0.466 e. The SMILES string of the molecule is CC/C(=C/CNCc1ncccc1CC)C(=O)OC. The molecule has 0 saturated carbocycles. The number of nitrogens with one attached hydrogen (secondary N) is 1. The highest BCUT2D eigenvalue weighted by atomic mass is 16.5. The molecule has 0 aliphatic heterocycles. The van der Waals surface area contributed by atoms with Gasteiger partial charge in [-0.15, -0.1) is 0 Å². The van der Waals surface area contributed by atoms with Gasteiger partial charge in [0, 0.05) is 24.9 Å². The Morgan fingerprint density at radius 3 is 2.89 bits per heavy atom. The minimum absolute atomic E-state index is 0.253. The summed E-state index contributed by atoms with van der Waals surface area (Å²) in [5.74, 6) is -0.253. The molecule has 0 aromatic carbocycles. The Bertz CT molecular complexity index is 442. The summed E-state index contributed by atoms with van der Waals surface area (Å²) in [4.78, 5) is 15.7. The summed E-state index contributed by atoms with van der Waals surface area (Å²) >= 11 is 0. The number of hydrogen-bond acceptors (Lipinski definition) is 4. The molecular formula is C15H22N2O2. The van der Waals surface area contributed by atoms with Crippen LogP contribution in [0, 0.1) is 0 Å². The highest BCUT2D eigenvalue weighted by Crippen LogP contribution is 2.06. The summed E-state index contributed by atoms with van der Waals surface area (Å²) in [6.07, 6.45) is 5.33. The van der Waals surface area contributed by atoms with Crippen LogP contribution in [0.25, 0.3) is 0 Å². The number of esters is 1. The summed E-state index contributed by atoms with van der Waals surface area (Å²) < 4.78 is 4.71. The number of aromatic nitrogens is 1. The highest BCUT2D eigenvalue weighted by molar-refractivity contribution is 5.88. The first kappa shape index (κ1) is 15.4. The Morgan fingerprint density at radius 2 is 2.26 bits per heavy atom. The Balaban J connectivity index is 2.50. The first-order valence-electron chi connectivity index (χ1n) is 6.63. The van der Waals surface area contributed by atoms with Crippen LogP contribution in [0.3, 0.4) is 0 Å². The van der Waals surface area contributed by atoms with Crippen molar-refractivity contribution in [3.05, 3.63) is 41.2 Å². The maximum atomic E-state index is 11.4. The van der Waals surface area contributed by atoms with E-state index in [0.717, 1.165) is 12.1 Å². The van der Waals surface area contributed by atoms with Crippen LogP contribution in [0.1, 0.15) is 31.5 Å². The molecule has 0 atom stereocenters. The lowest BCUT2D eigenvalue weighted by atomic mass is 10.1. The first-order chi connectivity index (χ1) is 9.22. The van der Waals surface area contributed by atoms with Crippen molar-refractivity contribution in [3.8, 4) is 0 Å². The number of pyridine rings is 1. The summed E-state index contributed by atoms with van der Waals surface area (Å²) in [5, 5.41) is 3.27. The van der Waals surface area contributed by atoms with Gasteiger partial charge in [0.1, 0.15) is 0 Å². The zero-order chi connectivity index (χ0) is 14.1. The van der Waals surface area contributed by atoms with Crippen LogP contribution >= 0.6 is 0 Å².